The van der Waals surface area contributed by atoms with Gasteiger partial charge in [-0.25, -0.2) is 13.8 Å². The first-order chi connectivity index (χ1) is 20.1. The van der Waals surface area contributed by atoms with E-state index in [4.69, 9.17) is 14.9 Å². The molecule has 234 valence electrons. The van der Waals surface area contributed by atoms with Crippen molar-refractivity contribution in [3.63, 3.8) is 0 Å². The fraction of sp³-hybridized carbons (Fsp3) is 0.414. The summed E-state index contributed by atoms with van der Waals surface area (Å²) in [4.78, 5) is 29.0. The summed E-state index contributed by atoms with van der Waals surface area (Å²) in [6, 6.07) is 6.27. The van der Waals surface area contributed by atoms with E-state index in [0.717, 1.165) is 18.9 Å². The van der Waals surface area contributed by atoms with Gasteiger partial charge in [-0.3, -0.25) is 9.59 Å². The highest BCUT2D eigenvalue weighted by atomic mass is 35.5. The Balaban J connectivity index is 0.00000506. The number of rotatable bonds is 15. The molecular weight excluding hydrogens is 596 g/mol. The highest BCUT2D eigenvalue weighted by Crippen LogP contribution is 2.35. The van der Waals surface area contributed by atoms with E-state index in [1.54, 1.807) is 6.92 Å². The Bertz CT molecular complexity index is 1400. The second kappa shape index (κ2) is 15.6. The lowest BCUT2D eigenvalue weighted by molar-refractivity contribution is -0.121. The van der Waals surface area contributed by atoms with E-state index in [9.17, 15) is 27.2 Å². The minimum Gasteiger partial charge on any atom is -0.490 e. The van der Waals surface area contributed by atoms with Crippen LogP contribution in [-0.2, 0) is 11.3 Å². The van der Waals surface area contributed by atoms with Gasteiger partial charge >= 0.3 is 6.61 Å². The predicted octanol–water partition coefficient (Wildman–Crippen LogP) is 5.67. The van der Waals surface area contributed by atoms with Gasteiger partial charge in [0.1, 0.15) is 11.6 Å². The number of halogens is 5. The first kappa shape index (κ1) is 33.7. The molecule has 14 heteroatoms. The van der Waals surface area contributed by atoms with Crippen molar-refractivity contribution in [2.75, 3.05) is 13.2 Å². The zero-order valence-electron chi connectivity index (χ0n) is 23.3. The second-order valence-electron chi connectivity index (χ2n) is 10.0. The van der Waals surface area contributed by atoms with Gasteiger partial charge in [-0.1, -0.05) is 6.07 Å². The summed E-state index contributed by atoms with van der Waals surface area (Å²) in [5.74, 6) is -1.96. The summed E-state index contributed by atoms with van der Waals surface area (Å²) < 4.78 is 69.2. The number of aromatic nitrogens is 1. The quantitative estimate of drug-likeness (QED) is 0.146. The maximum absolute atomic E-state index is 14.0. The van der Waals surface area contributed by atoms with Crippen LogP contribution in [0.5, 0.6) is 11.5 Å². The molecule has 9 nitrogen and oxygen atoms in total. The van der Waals surface area contributed by atoms with Crippen LogP contribution in [0.3, 0.4) is 0 Å². The molecule has 43 heavy (non-hydrogen) atoms. The monoisotopic (exact) mass is 628 g/mol. The fourth-order valence-electron chi connectivity index (χ4n) is 4.04. The minimum atomic E-state index is -3.10. The number of hydrogen-bond donors (Lipinski definition) is 3. The molecule has 0 saturated heterocycles. The SMILES string of the molecule is C[C@H](N)c1oc(-c2ccc(OC(F)F)c(OCCCCC(=O)NCC3CC3)c2)nc1C(=O)NCc1ccc(F)cc1F.Cl. The molecule has 1 saturated carbocycles. The molecule has 1 aliphatic carbocycles. The molecule has 0 spiro atoms. The third kappa shape index (κ3) is 9.85. The molecule has 4 rings (SSSR count). The van der Waals surface area contributed by atoms with Crippen LogP contribution in [0.4, 0.5) is 17.6 Å². The lowest BCUT2D eigenvalue weighted by atomic mass is 10.2. The normalized spacial score (nSPS) is 13.3. The summed E-state index contributed by atoms with van der Waals surface area (Å²) in [6.07, 6.45) is 3.64. The molecule has 1 fully saturated rings. The predicted molar refractivity (Wildman–Crippen MR) is 151 cm³/mol. The number of nitrogens with one attached hydrogen (secondary N) is 2. The van der Waals surface area contributed by atoms with E-state index in [0.29, 0.717) is 37.8 Å². The molecule has 4 N–H and O–H groups in total. The third-order valence-electron chi connectivity index (χ3n) is 6.48. The number of carbonyl (C=O) groups excluding carboxylic acids is 2. The largest absolute Gasteiger partial charge is 0.490 e. The summed E-state index contributed by atoms with van der Waals surface area (Å²) >= 11 is 0. The topological polar surface area (TPSA) is 129 Å². The minimum absolute atomic E-state index is 0. The van der Waals surface area contributed by atoms with Crippen LogP contribution < -0.4 is 25.8 Å². The van der Waals surface area contributed by atoms with E-state index in [2.05, 4.69) is 20.4 Å². The molecule has 1 aliphatic rings. The Hall–Kier alpha value is -3.84. The molecule has 0 radical (unpaired) electrons. The summed E-state index contributed by atoms with van der Waals surface area (Å²) in [7, 11) is 0. The molecule has 1 heterocycles. The molecule has 1 atom stereocenters. The number of nitrogens with two attached hydrogens (primary N) is 1. The smallest absolute Gasteiger partial charge is 0.387 e. The van der Waals surface area contributed by atoms with Gasteiger partial charge in [-0.05, 0) is 62.8 Å². The summed E-state index contributed by atoms with van der Waals surface area (Å²) in [6.45, 7) is -0.950. The van der Waals surface area contributed by atoms with Crippen molar-refractivity contribution >= 4 is 24.2 Å². The molecule has 2 amide bonds. The lowest BCUT2D eigenvalue weighted by Gasteiger charge is -2.13. The van der Waals surface area contributed by atoms with Gasteiger partial charge in [0.2, 0.25) is 11.8 Å². The summed E-state index contributed by atoms with van der Waals surface area (Å²) in [5.41, 5.74) is 6.18. The van der Waals surface area contributed by atoms with Crippen molar-refractivity contribution in [3.8, 4) is 23.0 Å². The number of benzene rings is 2. The van der Waals surface area contributed by atoms with Crippen molar-refractivity contribution in [2.24, 2.45) is 11.7 Å². The molecule has 3 aromatic rings. The highest BCUT2D eigenvalue weighted by molar-refractivity contribution is 5.94. The first-order valence-electron chi connectivity index (χ1n) is 13.6. The average Bonchev–Trinajstić information content (AvgIpc) is 3.66. The maximum atomic E-state index is 14.0. The average molecular weight is 629 g/mol. The van der Waals surface area contributed by atoms with Gasteiger partial charge in [0.05, 0.1) is 12.6 Å². The first-order valence-corrected chi connectivity index (χ1v) is 13.6. The van der Waals surface area contributed by atoms with Gasteiger partial charge in [-0.15, -0.1) is 12.4 Å². The van der Waals surface area contributed by atoms with Crippen molar-refractivity contribution in [1.29, 1.82) is 0 Å². The van der Waals surface area contributed by atoms with Crippen LogP contribution in [0.1, 0.15) is 66.9 Å². The van der Waals surface area contributed by atoms with Crippen LogP contribution in [0.2, 0.25) is 0 Å². The number of ether oxygens (including phenoxy) is 2. The Morgan fingerprint density at radius 1 is 1.09 bits per heavy atom. The molecule has 1 aromatic heterocycles. The van der Waals surface area contributed by atoms with Crippen molar-refractivity contribution < 1.29 is 41.0 Å². The van der Waals surface area contributed by atoms with Crippen LogP contribution >= 0.6 is 12.4 Å². The molecule has 2 aromatic carbocycles. The maximum Gasteiger partial charge on any atom is 0.387 e. The Morgan fingerprint density at radius 3 is 2.53 bits per heavy atom. The van der Waals surface area contributed by atoms with E-state index in [1.165, 1.54) is 24.3 Å². The Labute approximate surface area is 251 Å². The zero-order valence-corrected chi connectivity index (χ0v) is 24.2. The van der Waals surface area contributed by atoms with E-state index < -0.39 is 30.2 Å². The molecule has 0 unspecified atom stereocenters. The number of alkyl halides is 2. The fourth-order valence-corrected chi connectivity index (χ4v) is 4.04. The number of amides is 2. The van der Waals surface area contributed by atoms with Gasteiger partial charge in [0.15, 0.2) is 23.0 Å². The van der Waals surface area contributed by atoms with Crippen molar-refractivity contribution in [2.45, 2.75) is 58.2 Å². The Kier molecular flexibility index (Phi) is 12.2. The Morgan fingerprint density at radius 2 is 1.86 bits per heavy atom. The molecular formula is C29H33ClF4N4O5. The lowest BCUT2D eigenvalue weighted by Crippen LogP contribution is -2.25. The van der Waals surface area contributed by atoms with E-state index in [1.807, 2.05) is 0 Å². The van der Waals surface area contributed by atoms with Crippen LogP contribution in [0, 0.1) is 17.6 Å². The van der Waals surface area contributed by atoms with Crippen molar-refractivity contribution in [3.05, 3.63) is 65.1 Å². The van der Waals surface area contributed by atoms with Crippen molar-refractivity contribution in [1.82, 2.24) is 15.6 Å². The van der Waals surface area contributed by atoms with Gasteiger partial charge in [-0.2, -0.15) is 8.78 Å². The van der Waals surface area contributed by atoms with Crippen LogP contribution in [-0.4, -0.2) is 36.6 Å². The van der Waals surface area contributed by atoms with E-state index >= 15 is 0 Å². The molecule has 0 aliphatic heterocycles. The number of hydrogen-bond acceptors (Lipinski definition) is 7. The molecule has 0 bridgehead atoms. The third-order valence-corrected chi connectivity index (χ3v) is 6.48. The van der Waals surface area contributed by atoms with Gasteiger partial charge < -0.3 is 30.3 Å². The van der Waals surface area contributed by atoms with Gasteiger partial charge in [0, 0.05) is 36.7 Å². The zero-order chi connectivity index (χ0) is 30.2. The van der Waals surface area contributed by atoms with Gasteiger partial charge in [0.25, 0.3) is 5.91 Å². The van der Waals surface area contributed by atoms with Crippen LogP contribution in [0.15, 0.2) is 40.8 Å². The highest BCUT2D eigenvalue weighted by Gasteiger charge is 2.25. The number of oxazole rings is 1. The standard InChI is InChI=1S/C29H32F4N4O5.ClH/c1-16(34)26-25(27(39)36-15-19-7-9-20(30)13-21(19)31)37-28(42-26)18-8-10-22(41-29(32)33)23(12-18)40-11-3-2-4-24(38)35-14-17-5-6-17;/h7-10,12-13,16-17,29H,2-6,11,14-15,34H2,1H3,(H,35,38)(H,36,39);1H/t16-;/m0./s1. The summed E-state index contributed by atoms with van der Waals surface area (Å²) in [5, 5.41) is 5.39. The number of unbranched alkanes of at least 4 members (excludes halogenated alkanes) is 1. The number of carbonyl (C=O) groups is 2. The van der Waals surface area contributed by atoms with E-state index in [-0.39, 0.29) is 71.4 Å². The second-order valence-corrected chi connectivity index (χ2v) is 10.0. The van der Waals surface area contributed by atoms with Crippen LogP contribution in [0.25, 0.3) is 11.5 Å². The number of nitrogens with zero attached hydrogens (tertiary/aromatic N) is 1.